The van der Waals surface area contributed by atoms with E-state index >= 15 is 0 Å². The average molecular weight is 490 g/mol. The number of carbonyl (C=O) groups excluding carboxylic acids is 2. The molecule has 0 fully saturated rings. The summed E-state index contributed by atoms with van der Waals surface area (Å²) in [6.07, 6.45) is -1.79. The fourth-order valence-electron chi connectivity index (χ4n) is 2.41. The molecular formula is C20H20Cl4N4O2. The smallest absolute Gasteiger partial charge is 0.252 e. The van der Waals surface area contributed by atoms with Gasteiger partial charge in [-0.25, -0.2) is 4.99 Å². The van der Waals surface area contributed by atoms with Crippen molar-refractivity contribution in [3.63, 3.8) is 0 Å². The molecule has 0 saturated heterocycles. The molecule has 2 atom stereocenters. The number of hydrogen-bond donors (Lipinski definition) is 3. The second-order valence-electron chi connectivity index (χ2n) is 6.13. The SMILES string of the molecule is CC(=N[C@@H](NC(=O)c1ccccc1)C(Cl)Cl)N[C@@H](NC(=O)c1ccccc1)C(Cl)Cl. The topological polar surface area (TPSA) is 82.6 Å². The van der Waals surface area contributed by atoms with Gasteiger partial charge in [0, 0.05) is 11.1 Å². The van der Waals surface area contributed by atoms with Crippen LogP contribution in [-0.4, -0.2) is 39.7 Å². The lowest BCUT2D eigenvalue weighted by Crippen LogP contribution is -2.52. The van der Waals surface area contributed by atoms with Gasteiger partial charge in [-0.2, -0.15) is 0 Å². The zero-order valence-electron chi connectivity index (χ0n) is 15.9. The molecule has 0 bridgehead atoms. The third-order valence-corrected chi connectivity index (χ3v) is 4.81. The molecule has 2 rings (SSSR count). The predicted molar refractivity (Wildman–Crippen MR) is 123 cm³/mol. The summed E-state index contributed by atoms with van der Waals surface area (Å²) < 4.78 is 0. The van der Waals surface area contributed by atoms with Crippen molar-refractivity contribution >= 4 is 64.1 Å². The van der Waals surface area contributed by atoms with Crippen molar-refractivity contribution in [1.29, 1.82) is 0 Å². The van der Waals surface area contributed by atoms with Crippen molar-refractivity contribution in [3.8, 4) is 0 Å². The number of amidine groups is 1. The van der Waals surface area contributed by atoms with Crippen LogP contribution >= 0.6 is 46.4 Å². The maximum atomic E-state index is 12.4. The lowest BCUT2D eigenvalue weighted by molar-refractivity contribution is 0.0931. The van der Waals surface area contributed by atoms with E-state index in [1.54, 1.807) is 67.6 Å². The number of benzene rings is 2. The van der Waals surface area contributed by atoms with Gasteiger partial charge in [0.1, 0.15) is 15.8 Å². The van der Waals surface area contributed by atoms with Crippen LogP contribution in [0.3, 0.4) is 0 Å². The highest BCUT2D eigenvalue weighted by Crippen LogP contribution is 2.12. The Balaban J connectivity index is 2.07. The summed E-state index contributed by atoms with van der Waals surface area (Å²) in [5.74, 6) is -0.442. The molecule has 0 aromatic heterocycles. The van der Waals surface area contributed by atoms with Gasteiger partial charge in [0.25, 0.3) is 11.8 Å². The molecule has 0 aliphatic carbocycles. The van der Waals surface area contributed by atoms with E-state index in [0.717, 1.165) is 0 Å². The zero-order chi connectivity index (χ0) is 22.1. The minimum absolute atomic E-state index is 0.310. The first kappa shape index (κ1) is 24.3. The number of alkyl halides is 4. The number of carbonyl (C=O) groups is 2. The molecule has 0 radical (unpaired) electrons. The molecule has 30 heavy (non-hydrogen) atoms. The molecule has 0 saturated carbocycles. The second kappa shape index (κ2) is 12.0. The molecule has 0 heterocycles. The van der Waals surface area contributed by atoms with Gasteiger partial charge in [-0.3, -0.25) is 9.59 Å². The lowest BCUT2D eigenvalue weighted by atomic mass is 10.2. The maximum Gasteiger partial charge on any atom is 0.252 e. The molecule has 0 aliphatic rings. The van der Waals surface area contributed by atoms with E-state index in [1.807, 2.05) is 0 Å². The van der Waals surface area contributed by atoms with E-state index in [2.05, 4.69) is 20.9 Å². The van der Waals surface area contributed by atoms with Gasteiger partial charge in [-0.15, -0.1) is 46.4 Å². The van der Waals surface area contributed by atoms with Gasteiger partial charge < -0.3 is 16.0 Å². The molecule has 0 spiro atoms. The van der Waals surface area contributed by atoms with Crippen LogP contribution in [0.15, 0.2) is 65.7 Å². The van der Waals surface area contributed by atoms with Gasteiger partial charge in [0.15, 0.2) is 6.17 Å². The normalized spacial score (nSPS) is 13.6. The van der Waals surface area contributed by atoms with E-state index < -0.39 is 22.0 Å². The minimum Gasteiger partial charge on any atom is -0.352 e. The van der Waals surface area contributed by atoms with Crippen LogP contribution in [0, 0.1) is 0 Å². The van der Waals surface area contributed by atoms with Crippen LogP contribution < -0.4 is 16.0 Å². The van der Waals surface area contributed by atoms with Crippen LogP contribution in [0.1, 0.15) is 27.6 Å². The number of aliphatic imine (C=N–C) groups is 1. The Labute approximate surface area is 194 Å². The van der Waals surface area contributed by atoms with E-state index in [4.69, 9.17) is 46.4 Å². The zero-order valence-corrected chi connectivity index (χ0v) is 18.9. The highest BCUT2D eigenvalue weighted by atomic mass is 35.5. The number of nitrogens with zero attached hydrogens (tertiary/aromatic N) is 1. The van der Waals surface area contributed by atoms with E-state index in [1.165, 1.54) is 0 Å². The Morgan fingerprint density at radius 3 is 1.63 bits per heavy atom. The molecular weight excluding hydrogens is 470 g/mol. The first-order valence-electron chi connectivity index (χ1n) is 8.87. The Kier molecular flexibility index (Phi) is 9.72. The highest BCUT2D eigenvalue weighted by Gasteiger charge is 2.23. The number of hydrogen-bond acceptors (Lipinski definition) is 3. The average Bonchev–Trinajstić information content (AvgIpc) is 2.73. The molecule has 3 N–H and O–H groups in total. The van der Waals surface area contributed by atoms with Crippen molar-refractivity contribution in [2.75, 3.05) is 0 Å². The molecule has 2 amide bonds. The van der Waals surface area contributed by atoms with Gasteiger partial charge in [-0.05, 0) is 31.2 Å². The lowest BCUT2D eigenvalue weighted by Gasteiger charge is -2.23. The predicted octanol–water partition coefficient (Wildman–Crippen LogP) is 4.11. The second-order valence-corrected chi connectivity index (χ2v) is 8.46. The van der Waals surface area contributed by atoms with E-state index in [0.29, 0.717) is 17.0 Å². The molecule has 6 nitrogen and oxygen atoms in total. The number of rotatable bonds is 8. The molecule has 160 valence electrons. The molecule has 0 unspecified atom stereocenters. The molecule has 2 aromatic rings. The fourth-order valence-corrected chi connectivity index (χ4v) is 2.90. The van der Waals surface area contributed by atoms with E-state index in [-0.39, 0.29) is 11.8 Å². The Morgan fingerprint density at radius 2 is 1.20 bits per heavy atom. The highest BCUT2D eigenvalue weighted by molar-refractivity contribution is 6.45. The van der Waals surface area contributed by atoms with Crippen LogP contribution in [0.4, 0.5) is 0 Å². The van der Waals surface area contributed by atoms with Crippen LogP contribution in [0.5, 0.6) is 0 Å². The Bertz CT molecular complexity index is 864. The summed E-state index contributed by atoms with van der Waals surface area (Å²) >= 11 is 23.9. The van der Waals surface area contributed by atoms with Gasteiger partial charge in [0.2, 0.25) is 0 Å². The Morgan fingerprint density at radius 1 is 0.733 bits per heavy atom. The van der Waals surface area contributed by atoms with Crippen molar-refractivity contribution in [2.45, 2.75) is 28.9 Å². The Hall–Kier alpha value is -1.99. The van der Waals surface area contributed by atoms with Crippen molar-refractivity contribution in [3.05, 3.63) is 71.8 Å². The molecule has 0 aliphatic heterocycles. The van der Waals surface area contributed by atoms with Crippen LogP contribution in [0.25, 0.3) is 0 Å². The third-order valence-electron chi connectivity index (χ3n) is 3.83. The number of halogens is 4. The number of amides is 2. The summed E-state index contributed by atoms with van der Waals surface area (Å²) in [6.45, 7) is 1.61. The summed E-state index contributed by atoms with van der Waals surface area (Å²) in [5.41, 5.74) is 0.884. The van der Waals surface area contributed by atoms with Crippen molar-refractivity contribution in [2.24, 2.45) is 4.99 Å². The van der Waals surface area contributed by atoms with Crippen molar-refractivity contribution in [1.82, 2.24) is 16.0 Å². The first-order valence-corrected chi connectivity index (χ1v) is 10.6. The third kappa shape index (κ3) is 7.69. The largest absolute Gasteiger partial charge is 0.352 e. The quantitative estimate of drug-likeness (QED) is 0.226. The van der Waals surface area contributed by atoms with Crippen LogP contribution in [0.2, 0.25) is 0 Å². The first-order chi connectivity index (χ1) is 14.3. The number of nitrogens with one attached hydrogen (secondary N) is 3. The minimum atomic E-state index is -1.02. The fraction of sp³-hybridized carbons (Fsp3) is 0.250. The summed E-state index contributed by atoms with van der Waals surface area (Å²) in [4.78, 5) is 27.0. The van der Waals surface area contributed by atoms with Gasteiger partial charge in [0.05, 0.1) is 5.84 Å². The van der Waals surface area contributed by atoms with Crippen LogP contribution in [-0.2, 0) is 0 Å². The molecule has 10 heteroatoms. The van der Waals surface area contributed by atoms with Gasteiger partial charge >= 0.3 is 0 Å². The summed E-state index contributed by atoms with van der Waals surface area (Å²) in [5, 5.41) is 8.23. The summed E-state index contributed by atoms with van der Waals surface area (Å²) in [6, 6.07) is 17.2. The van der Waals surface area contributed by atoms with Crippen molar-refractivity contribution < 1.29 is 9.59 Å². The van der Waals surface area contributed by atoms with E-state index in [9.17, 15) is 9.59 Å². The maximum absolute atomic E-state index is 12.4. The summed E-state index contributed by atoms with van der Waals surface area (Å²) in [7, 11) is 0. The van der Waals surface area contributed by atoms with Gasteiger partial charge in [-0.1, -0.05) is 36.4 Å². The molecule has 2 aromatic carbocycles. The standard InChI is InChI=1S/C20H20Cl4N4O2/c1-12(25-17(15(21)22)27-19(29)13-8-4-2-5-9-13)26-18(16(23)24)28-20(30)14-10-6-3-7-11-14/h2-11,15-18H,1H3,(H,25,26)(H,27,29)(H,28,30)/t17-,18-/m0/s1. The monoisotopic (exact) mass is 488 g/mol.